The standard InChI is InChI=1S/C28H38N4O4/c1-5-25(29)24(18-31-22-8-7-9-23(17-22)36-6-2)26(16-19(3)4)32-21-12-10-20(11-13-21)28(35)30-15-14-27(33)34/h7-13,17-19,26,29,31-32H,5-6,14-16H2,1-4H3,(H,30,35)(H,33,34)/b24-18+,29-25?. The molecule has 0 radical (unpaired) electrons. The second-order valence-electron chi connectivity index (χ2n) is 8.84. The number of carboxylic acids is 1. The van der Waals surface area contributed by atoms with Crippen LogP contribution in [0.4, 0.5) is 11.4 Å². The van der Waals surface area contributed by atoms with E-state index in [1.54, 1.807) is 12.1 Å². The highest BCUT2D eigenvalue weighted by atomic mass is 16.5. The molecule has 8 nitrogen and oxygen atoms in total. The molecule has 0 fully saturated rings. The lowest BCUT2D eigenvalue weighted by atomic mass is 9.93. The van der Waals surface area contributed by atoms with Crippen molar-refractivity contribution in [2.75, 3.05) is 23.8 Å². The quantitative estimate of drug-likeness (QED) is 0.207. The van der Waals surface area contributed by atoms with Gasteiger partial charge in [-0.1, -0.05) is 26.8 Å². The Morgan fingerprint density at radius 3 is 2.42 bits per heavy atom. The molecule has 36 heavy (non-hydrogen) atoms. The van der Waals surface area contributed by atoms with Gasteiger partial charge in [0.05, 0.1) is 19.1 Å². The highest BCUT2D eigenvalue weighted by Gasteiger charge is 2.19. The fraction of sp³-hybridized carbons (Fsp3) is 0.393. The predicted molar refractivity (Wildman–Crippen MR) is 145 cm³/mol. The summed E-state index contributed by atoms with van der Waals surface area (Å²) in [6, 6.07) is 14.7. The van der Waals surface area contributed by atoms with Crippen LogP contribution in [0.5, 0.6) is 5.75 Å². The summed E-state index contributed by atoms with van der Waals surface area (Å²) in [4.78, 5) is 22.9. The van der Waals surface area contributed by atoms with Gasteiger partial charge in [-0.25, -0.2) is 0 Å². The van der Waals surface area contributed by atoms with Crippen LogP contribution in [-0.4, -0.2) is 41.9 Å². The maximum absolute atomic E-state index is 12.2. The van der Waals surface area contributed by atoms with E-state index in [0.29, 0.717) is 30.2 Å². The van der Waals surface area contributed by atoms with Gasteiger partial charge >= 0.3 is 5.97 Å². The lowest BCUT2D eigenvalue weighted by Crippen LogP contribution is -2.29. The normalized spacial score (nSPS) is 12.1. The number of carbonyl (C=O) groups excluding carboxylic acids is 1. The molecule has 0 aromatic heterocycles. The lowest BCUT2D eigenvalue weighted by Gasteiger charge is -2.25. The molecule has 0 spiro atoms. The van der Waals surface area contributed by atoms with Crippen molar-refractivity contribution in [2.45, 2.75) is 53.0 Å². The van der Waals surface area contributed by atoms with Crippen LogP contribution >= 0.6 is 0 Å². The van der Waals surface area contributed by atoms with Crippen LogP contribution in [0.3, 0.4) is 0 Å². The number of ether oxygens (including phenoxy) is 1. The van der Waals surface area contributed by atoms with Crippen LogP contribution in [0.1, 0.15) is 57.3 Å². The number of anilines is 2. The number of hydrogen-bond acceptors (Lipinski definition) is 6. The first-order valence-electron chi connectivity index (χ1n) is 12.4. The van der Waals surface area contributed by atoms with Crippen molar-refractivity contribution in [3.05, 3.63) is 65.9 Å². The Balaban J connectivity index is 2.21. The number of amides is 1. The van der Waals surface area contributed by atoms with E-state index >= 15 is 0 Å². The van der Waals surface area contributed by atoms with Crippen LogP contribution in [0.2, 0.25) is 0 Å². The first-order valence-corrected chi connectivity index (χ1v) is 12.4. The Morgan fingerprint density at radius 2 is 1.81 bits per heavy atom. The van der Waals surface area contributed by atoms with E-state index in [4.69, 9.17) is 15.3 Å². The summed E-state index contributed by atoms with van der Waals surface area (Å²) in [5.41, 5.74) is 3.57. The summed E-state index contributed by atoms with van der Waals surface area (Å²) in [6.45, 7) is 8.88. The lowest BCUT2D eigenvalue weighted by molar-refractivity contribution is -0.136. The maximum Gasteiger partial charge on any atom is 0.305 e. The third-order valence-electron chi connectivity index (χ3n) is 5.44. The smallest absolute Gasteiger partial charge is 0.305 e. The zero-order chi connectivity index (χ0) is 26.5. The molecule has 0 saturated carbocycles. The molecule has 1 atom stereocenters. The van der Waals surface area contributed by atoms with E-state index in [1.165, 1.54) is 0 Å². The Bertz CT molecular complexity index is 1050. The van der Waals surface area contributed by atoms with Gasteiger partial charge in [0.25, 0.3) is 5.91 Å². The number of aliphatic carboxylic acids is 1. The highest BCUT2D eigenvalue weighted by Crippen LogP contribution is 2.23. The minimum atomic E-state index is -0.955. The Hall–Kier alpha value is -3.81. The minimum Gasteiger partial charge on any atom is -0.494 e. The summed E-state index contributed by atoms with van der Waals surface area (Å²) in [7, 11) is 0. The Kier molecular flexibility index (Phi) is 11.5. The molecule has 2 rings (SSSR count). The van der Waals surface area contributed by atoms with E-state index in [9.17, 15) is 9.59 Å². The van der Waals surface area contributed by atoms with E-state index in [2.05, 4.69) is 29.8 Å². The molecule has 194 valence electrons. The summed E-state index contributed by atoms with van der Waals surface area (Å²) < 4.78 is 5.59. The van der Waals surface area contributed by atoms with Gasteiger partial charge in [0.2, 0.25) is 0 Å². The fourth-order valence-corrected chi connectivity index (χ4v) is 3.64. The van der Waals surface area contributed by atoms with Crippen molar-refractivity contribution in [2.24, 2.45) is 5.92 Å². The van der Waals surface area contributed by atoms with E-state index in [-0.39, 0.29) is 24.9 Å². The van der Waals surface area contributed by atoms with Gasteiger partial charge in [0, 0.05) is 47.0 Å². The zero-order valence-electron chi connectivity index (χ0n) is 21.6. The van der Waals surface area contributed by atoms with Gasteiger partial charge in [-0.3, -0.25) is 9.59 Å². The van der Waals surface area contributed by atoms with Gasteiger partial charge in [0.1, 0.15) is 5.75 Å². The summed E-state index contributed by atoms with van der Waals surface area (Å²) in [5, 5.41) is 26.8. The van der Waals surface area contributed by atoms with E-state index in [0.717, 1.165) is 29.1 Å². The van der Waals surface area contributed by atoms with E-state index in [1.807, 2.05) is 56.4 Å². The summed E-state index contributed by atoms with van der Waals surface area (Å²) in [6.07, 6.45) is 3.18. The molecule has 0 bridgehead atoms. The number of carboxylic acid groups (broad SMARTS) is 1. The number of carbonyl (C=O) groups is 2. The molecule has 0 aliphatic heterocycles. The molecule has 8 heteroatoms. The van der Waals surface area contributed by atoms with Gasteiger partial charge < -0.3 is 31.2 Å². The average molecular weight is 495 g/mol. The fourth-order valence-electron chi connectivity index (χ4n) is 3.64. The summed E-state index contributed by atoms with van der Waals surface area (Å²) >= 11 is 0. The number of benzene rings is 2. The molecule has 0 heterocycles. The van der Waals surface area contributed by atoms with Gasteiger partial charge in [-0.2, -0.15) is 0 Å². The average Bonchev–Trinajstić information content (AvgIpc) is 2.84. The second kappa shape index (κ2) is 14.6. The monoisotopic (exact) mass is 494 g/mol. The Morgan fingerprint density at radius 1 is 1.08 bits per heavy atom. The summed E-state index contributed by atoms with van der Waals surface area (Å²) in [5.74, 6) is -0.0968. The van der Waals surface area contributed by atoms with Crippen LogP contribution in [0, 0.1) is 11.3 Å². The van der Waals surface area contributed by atoms with Crippen molar-refractivity contribution in [1.82, 2.24) is 5.32 Å². The van der Waals surface area contributed by atoms with Crippen molar-refractivity contribution in [3.63, 3.8) is 0 Å². The minimum absolute atomic E-state index is 0.0817. The molecule has 2 aromatic carbocycles. The second-order valence-corrected chi connectivity index (χ2v) is 8.84. The first kappa shape index (κ1) is 28.4. The molecule has 2 aromatic rings. The van der Waals surface area contributed by atoms with Crippen molar-refractivity contribution >= 4 is 29.0 Å². The SMILES string of the molecule is CCOc1cccc(N/C=C(\C(=N)CC)C(CC(C)C)Nc2ccc(C(=O)NCCC(=O)O)cc2)c1. The third kappa shape index (κ3) is 9.44. The number of hydrogen-bond donors (Lipinski definition) is 5. The van der Waals surface area contributed by atoms with Crippen molar-refractivity contribution in [3.8, 4) is 5.75 Å². The number of rotatable bonds is 15. The molecule has 5 N–H and O–H groups in total. The maximum atomic E-state index is 12.2. The molecule has 0 aliphatic rings. The Labute approximate surface area is 213 Å². The first-order chi connectivity index (χ1) is 17.2. The third-order valence-corrected chi connectivity index (χ3v) is 5.44. The topological polar surface area (TPSA) is 124 Å². The van der Waals surface area contributed by atoms with Crippen LogP contribution < -0.4 is 20.7 Å². The molecule has 0 aliphatic carbocycles. The molecule has 1 unspecified atom stereocenters. The van der Waals surface area contributed by atoms with Crippen LogP contribution in [0.15, 0.2) is 60.3 Å². The largest absolute Gasteiger partial charge is 0.494 e. The van der Waals surface area contributed by atoms with Crippen LogP contribution in [0.25, 0.3) is 0 Å². The molecule has 1 amide bonds. The van der Waals surface area contributed by atoms with Gasteiger partial charge in [-0.05, 0) is 62.1 Å². The van der Waals surface area contributed by atoms with E-state index < -0.39 is 5.97 Å². The molecular weight excluding hydrogens is 456 g/mol. The predicted octanol–water partition coefficient (Wildman–Crippen LogP) is 5.54. The van der Waals surface area contributed by atoms with Gasteiger partial charge in [0.15, 0.2) is 0 Å². The van der Waals surface area contributed by atoms with Crippen molar-refractivity contribution in [1.29, 1.82) is 5.41 Å². The van der Waals surface area contributed by atoms with Crippen molar-refractivity contribution < 1.29 is 19.4 Å². The van der Waals surface area contributed by atoms with Crippen LogP contribution in [-0.2, 0) is 4.79 Å². The number of nitrogens with one attached hydrogen (secondary N) is 4. The highest BCUT2D eigenvalue weighted by molar-refractivity contribution is 5.99. The zero-order valence-corrected chi connectivity index (χ0v) is 21.6. The molecular formula is C28H38N4O4. The molecule has 0 saturated heterocycles. The van der Waals surface area contributed by atoms with Gasteiger partial charge in [-0.15, -0.1) is 0 Å².